The minimum absolute atomic E-state index is 0.119. The van der Waals surface area contributed by atoms with Crippen molar-refractivity contribution in [1.82, 2.24) is 10.2 Å². The number of anilines is 1. The SMILES string of the molecule is COc1ccc(-c2nnc(NS(=O)(=O)c3ccc(OC)c(C(C)C)c3)s2)cc1. The van der Waals surface area contributed by atoms with E-state index < -0.39 is 10.0 Å². The summed E-state index contributed by atoms with van der Waals surface area (Å²) in [6.07, 6.45) is 0. The molecule has 0 spiro atoms. The number of hydrogen-bond donors (Lipinski definition) is 1. The van der Waals surface area contributed by atoms with Gasteiger partial charge < -0.3 is 9.47 Å². The average Bonchev–Trinajstić information content (AvgIpc) is 3.15. The fourth-order valence-corrected chi connectivity index (χ4v) is 4.63. The Morgan fingerprint density at radius 3 is 2.32 bits per heavy atom. The molecule has 0 bridgehead atoms. The van der Waals surface area contributed by atoms with Gasteiger partial charge in [0.05, 0.1) is 19.1 Å². The fourth-order valence-electron chi connectivity index (χ4n) is 2.62. The molecule has 148 valence electrons. The minimum Gasteiger partial charge on any atom is -0.497 e. The lowest BCUT2D eigenvalue weighted by Crippen LogP contribution is -2.13. The van der Waals surface area contributed by atoms with Gasteiger partial charge in [0.25, 0.3) is 10.0 Å². The van der Waals surface area contributed by atoms with Crippen LogP contribution >= 0.6 is 11.3 Å². The molecular formula is C19H21N3O4S2. The maximum atomic E-state index is 12.8. The number of ether oxygens (including phenoxy) is 2. The first kappa shape index (κ1) is 20.1. The third kappa shape index (κ3) is 4.26. The van der Waals surface area contributed by atoms with Crippen LogP contribution in [0.25, 0.3) is 10.6 Å². The van der Waals surface area contributed by atoms with Crippen molar-refractivity contribution in [1.29, 1.82) is 0 Å². The molecule has 3 aromatic rings. The van der Waals surface area contributed by atoms with Crippen molar-refractivity contribution >= 4 is 26.5 Å². The molecule has 2 aromatic carbocycles. The largest absolute Gasteiger partial charge is 0.497 e. The number of hydrogen-bond acceptors (Lipinski definition) is 7. The molecule has 0 aliphatic heterocycles. The second-order valence-electron chi connectivity index (χ2n) is 6.30. The van der Waals surface area contributed by atoms with Crippen LogP contribution in [0.4, 0.5) is 5.13 Å². The highest BCUT2D eigenvalue weighted by molar-refractivity contribution is 7.93. The van der Waals surface area contributed by atoms with E-state index in [0.29, 0.717) is 10.8 Å². The van der Waals surface area contributed by atoms with Crippen molar-refractivity contribution in [3.8, 4) is 22.1 Å². The maximum Gasteiger partial charge on any atom is 0.263 e. The Bertz CT molecular complexity index is 1060. The number of sulfonamides is 1. The van der Waals surface area contributed by atoms with Gasteiger partial charge in [-0.1, -0.05) is 25.2 Å². The van der Waals surface area contributed by atoms with E-state index in [0.717, 1.165) is 28.2 Å². The maximum absolute atomic E-state index is 12.8. The van der Waals surface area contributed by atoms with Gasteiger partial charge in [0.15, 0.2) is 0 Å². The molecule has 0 fully saturated rings. The summed E-state index contributed by atoms with van der Waals surface area (Å²) in [5, 5.41) is 8.84. The first-order valence-electron chi connectivity index (χ1n) is 8.52. The van der Waals surface area contributed by atoms with E-state index in [1.54, 1.807) is 26.4 Å². The third-order valence-electron chi connectivity index (χ3n) is 4.12. The molecule has 0 saturated carbocycles. The van der Waals surface area contributed by atoms with Gasteiger partial charge in [0.1, 0.15) is 16.5 Å². The lowest BCUT2D eigenvalue weighted by molar-refractivity contribution is 0.407. The van der Waals surface area contributed by atoms with Crippen molar-refractivity contribution in [2.24, 2.45) is 0 Å². The molecule has 1 N–H and O–H groups in total. The smallest absolute Gasteiger partial charge is 0.263 e. The molecule has 0 saturated heterocycles. The molecule has 0 radical (unpaired) electrons. The van der Waals surface area contributed by atoms with E-state index >= 15 is 0 Å². The normalized spacial score (nSPS) is 11.5. The van der Waals surface area contributed by atoms with Gasteiger partial charge in [0, 0.05) is 5.56 Å². The van der Waals surface area contributed by atoms with E-state index in [1.807, 2.05) is 38.1 Å². The number of rotatable bonds is 7. The molecule has 1 heterocycles. The summed E-state index contributed by atoms with van der Waals surface area (Å²) < 4.78 is 38.5. The molecule has 0 amide bonds. The first-order chi connectivity index (χ1) is 13.3. The Hall–Kier alpha value is -2.65. The highest BCUT2D eigenvalue weighted by atomic mass is 32.2. The minimum atomic E-state index is -3.79. The van der Waals surface area contributed by atoms with Gasteiger partial charge in [-0.05, 0) is 53.9 Å². The number of methoxy groups -OCH3 is 2. The summed E-state index contributed by atoms with van der Waals surface area (Å²) in [6.45, 7) is 3.96. The first-order valence-corrected chi connectivity index (χ1v) is 10.8. The molecule has 28 heavy (non-hydrogen) atoms. The van der Waals surface area contributed by atoms with Gasteiger partial charge >= 0.3 is 0 Å². The van der Waals surface area contributed by atoms with Crippen LogP contribution in [0.3, 0.4) is 0 Å². The molecular weight excluding hydrogens is 398 g/mol. The zero-order valence-electron chi connectivity index (χ0n) is 16.0. The zero-order chi connectivity index (χ0) is 20.3. The summed E-state index contributed by atoms with van der Waals surface area (Å²) in [6, 6.07) is 12.1. The number of nitrogens with zero attached hydrogens (tertiary/aromatic N) is 2. The van der Waals surface area contributed by atoms with Gasteiger partial charge in [-0.3, -0.25) is 4.72 Å². The van der Waals surface area contributed by atoms with Crippen LogP contribution in [0.1, 0.15) is 25.3 Å². The fraction of sp³-hybridized carbons (Fsp3) is 0.263. The van der Waals surface area contributed by atoms with Crippen molar-refractivity contribution in [2.45, 2.75) is 24.7 Å². The summed E-state index contributed by atoms with van der Waals surface area (Å²) in [5.41, 5.74) is 1.65. The van der Waals surface area contributed by atoms with Crippen LogP contribution in [-0.2, 0) is 10.0 Å². The Labute approximate surface area is 168 Å². The van der Waals surface area contributed by atoms with Gasteiger partial charge in [-0.25, -0.2) is 8.42 Å². The van der Waals surface area contributed by atoms with Crippen molar-refractivity contribution in [2.75, 3.05) is 18.9 Å². The summed E-state index contributed by atoms with van der Waals surface area (Å²) in [5.74, 6) is 1.51. The van der Waals surface area contributed by atoms with Crippen molar-refractivity contribution < 1.29 is 17.9 Å². The van der Waals surface area contributed by atoms with Crippen LogP contribution in [0.2, 0.25) is 0 Å². The predicted molar refractivity (Wildman–Crippen MR) is 110 cm³/mol. The Balaban J connectivity index is 1.85. The molecule has 7 nitrogen and oxygen atoms in total. The summed E-state index contributed by atoms with van der Waals surface area (Å²) in [4.78, 5) is 0.151. The lowest BCUT2D eigenvalue weighted by atomic mass is 10.0. The van der Waals surface area contributed by atoms with Crippen LogP contribution < -0.4 is 14.2 Å². The van der Waals surface area contributed by atoms with Crippen LogP contribution in [0.5, 0.6) is 11.5 Å². The highest BCUT2D eigenvalue weighted by Gasteiger charge is 2.20. The van der Waals surface area contributed by atoms with E-state index in [4.69, 9.17) is 9.47 Å². The average molecular weight is 420 g/mol. The quantitative estimate of drug-likeness (QED) is 0.619. The van der Waals surface area contributed by atoms with Crippen LogP contribution in [-0.4, -0.2) is 32.8 Å². The van der Waals surface area contributed by atoms with E-state index in [1.165, 1.54) is 6.07 Å². The summed E-state index contributed by atoms with van der Waals surface area (Å²) >= 11 is 1.16. The molecule has 3 rings (SSSR count). The molecule has 0 aliphatic carbocycles. The molecule has 9 heteroatoms. The van der Waals surface area contributed by atoms with Gasteiger partial charge in [-0.15, -0.1) is 10.2 Å². The van der Waals surface area contributed by atoms with Crippen LogP contribution in [0, 0.1) is 0 Å². The number of benzene rings is 2. The lowest BCUT2D eigenvalue weighted by Gasteiger charge is -2.13. The van der Waals surface area contributed by atoms with Crippen LogP contribution in [0.15, 0.2) is 47.4 Å². The second kappa shape index (κ2) is 8.15. The Morgan fingerprint density at radius 2 is 1.71 bits per heavy atom. The zero-order valence-corrected chi connectivity index (χ0v) is 17.6. The van der Waals surface area contributed by atoms with E-state index in [2.05, 4.69) is 14.9 Å². The topological polar surface area (TPSA) is 90.4 Å². The second-order valence-corrected chi connectivity index (χ2v) is 8.96. The van der Waals surface area contributed by atoms with E-state index in [-0.39, 0.29) is 15.9 Å². The molecule has 0 unspecified atom stereocenters. The molecule has 0 atom stereocenters. The summed E-state index contributed by atoms with van der Waals surface area (Å²) in [7, 11) is -0.632. The third-order valence-corrected chi connectivity index (χ3v) is 6.47. The Kier molecular flexibility index (Phi) is 5.85. The Morgan fingerprint density at radius 1 is 1.00 bits per heavy atom. The molecule has 0 aliphatic rings. The molecule has 1 aromatic heterocycles. The van der Waals surface area contributed by atoms with Crippen molar-refractivity contribution in [3.05, 3.63) is 48.0 Å². The van der Waals surface area contributed by atoms with Crippen molar-refractivity contribution in [3.63, 3.8) is 0 Å². The number of aromatic nitrogens is 2. The van der Waals surface area contributed by atoms with Gasteiger partial charge in [0.2, 0.25) is 5.13 Å². The number of nitrogens with one attached hydrogen (secondary N) is 1. The highest BCUT2D eigenvalue weighted by Crippen LogP contribution is 2.31. The predicted octanol–water partition coefficient (Wildman–Crippen LogP) is 4.15. The van der Waals surface area contributed by atoms with E-state index in [9.17, 15) is 8.42 Å². The monoisotopic (exact) mass is 419 g/mol. The van der Waals surface area contributed by atoms with Gasteiger partial charge in [-0.2, -0.15) is 0 Å². The standard InChI is InChI=1S/C19H21N3O4S2/c1-12(2)16-11-15(9-10-17(16)26-4)28(23,24)22-19-21-20-18(27-19)13-5-7-14(25-3)8-6-13/h5-12H,1-4H3,(H,21,22).